The minimum atomic E-state index is -1.86. The highest BCUT2D eigenvalue weighted by atomic mass is 16.6. The Bertz CT molecular complexity index is 1650. The summed E-state index contributed by atoms with van der Waals surface area (Å²) in [6.07, 6.45) is 2.43. The predicted octanol–water partition coefficient (Wildman–Crippen LogP) is 2.16. The van der Waals surface area contributed by atoms with Crippen LogP contribution in [0.3, 0.4) is 0 Å². The fourth-order valence-corrected chi connectivity index (χ4v) is 6.41. The van der Waals surface area contributed by atoms with Crippen molar-refractivity contribution in [1.29, 1.82) is 0 Å². The van der Waals surface area contributed by atoms with Crippen molar-refractivity contribution in [3.63, 3.8) is 0 Å². The lowest BCUT2D eigenvalue weighted by Crippen LogP contribution is -2.54. The van der Waals surface area contributed by atoms with Gasteiger partial charge in [0.1, 0.15) is 6.61 Å². The summed E-state index contributed by atoms with van der Waals surface area (Å²) in [5.41, 5.74) is 11.5. The molecule has 2 unspecified atom stereocenters. The molecule has 4 N–H and O–H groups in total. The van der Waals surface area contributed by atoms with Crippen molar-refractivity contribution in [3.05, 3.63) is 61.4 Å². The van der Waals surface area contributed by atoms with E-state index >= 15 is 0 Å². The van der Waals surface area contributed by atoms with Gasteiger partial charge in [0.2, 0.25) is 6.41 Å². The molecule has 3 aromatic rings. The van der Waals surface area contributed by atoms with Gasteiger partial charge < -0.3 is 30.2 Å². The number of nitrogens with two attached hydrogens (primary N) is 1. The quantitative estimate of drug-likeness (QED) is 0.262. The van der Waals surface area contributed by atoms with E-state index in [4.69, 9.17) is 20.2 Å². The molecule has 4 aliphatic rings. The van der Waals surface area contributed by atoms with Gasteiger partial charge in [-0.1, -0.05) is 6.92 Å². The van der Waals surface area contributed by atoms with E-state index in [0.29, 0.717) is 29.1 Å². The molecule has 3 aliphatic heterocycles. The van der Waals surface area contributed by atoms with Crippen LogP contribution in [0.5, 0.6) is 0 Å². The van der Waals surface area contributed by atoms with Crippen molar-refractivity contribution in [2.45, 2.75) is 77.3 Å². The number of fused-ring (bicyclic) bond motifs is 5. The van der Waals surface area contributed by atoms with Crippen LogP contribution in [0, 0.1) is 13.8 Å². The molecule has 1 amide bonds. The minimum absolute atomic E-state index is 0. The summed E-state index contributed by atoms with van der Waals surface area (Å²) in [4.78, 5) is 42.4. The SMILES string of the molecule is CC1(N)COC1.CCC1(O)C(=O)OCc2c1cc1n(c2=O)Cc2c-1nc1cc(C)c(C)c3c1c2C(NC=O)CC3. The molecule has 0 spiro atoms. The van der Waals surface area contributed by atoms with Crippen molar-refractivity contribution < 1.29 is 24.2 Å². The van der Waals surface area contributed by atoms with Gasteiger partial charge in [0.05, 0.1) is 53.8 Å². The second-order valence-electron chi connectivity index (χ2n) is 11.7. The maximum Gasteiger partial charge on any atom is 0.343 e. The zero-order chi connectivity index (χ0) is 28.6. The lowest BCUT2D eigenvalue weighted by molar-refractivity contribution is -0.172. The van der Waals surface area contributed by atoms with Gasteiger partial charge in [-0.3, -0.25) is 9.59 Å². The van der Waals surface area contributed by atoms with Crippen molar-refractivity contribution >= 4 is 23.3 Å². The fraction of sp³-hybridized carbons (Fsp3) is 0.467. The Morgan fingerprint density at radius 2 is 1.95 bits per heavy atom. The number of nitrogens with zero attached hydrogens (tertiary/aromatic N) is 2. The van der Waals surface area contributed by atoms with Crippen LogP contribution in [0.25, 0.3) is 22.3 Å². The first-order valence-corrected chi connectivity index (χ1v) is 13.7. The van der Waals surface area contributed by atoms with Crippen molar-refractivity contribution in [2.24, 2.45) is 5.73 Å². The molecule has 1 aromatic carbocycles. The highest BCUT2D eigenvalue weighted by Crippen LogP contribution is 2.45. The van der Waals surface area contributed by atoms with Crippen LogP contribution in [-0.4, -0.2) is 45.8 Å². The molecule has 1 fully saturated rings. The number of hydrogen-bond donors (Lipinski definition) is 3. The van der Waals surface area contributed by atoms with E-state index in [-0.39, 0.29) is 30.2 Å². The van der Waals surface area contributed by atoms with Gasteiger partial charge in [0.25, 0.3) is 5.56 Å². The van der Waals surface area contributed by atoms with Crippen molar-refractivity contribution in [1.82, 2.24) is 14.9 Å². The number of benzene rings is 1. The number of hydrogen-bond acceptors (Lipinski definition) is 8. The summed E-state index contributed by atoms with van der Waals surface area (Å²) < 4.78 is 11.6. The lowest BCUT2D eigenvalue weighted by atomic mass is 9.81. The predicted molar refractivity (Wildman–Crippen MR) is 148 cm³/mol. The summed E-state index contributed by atoms with van der Waals surface area (Å²) in [5.74, 6) is -0.738. The maximum absolute atomic E-state index is 13.5. The van der Waals surface area contributed by atoms with Crippen LogP contribution in [0.4, 0.5) is 0 Å². The normalized spacial score (nSPS) is 23.1. The fourth-order valence-electron chi connectivity index (χ4n) is 6.41. The zero-order valence-corrected chi connectivity index (χ0v) is 23.2. The topological polar surface area (TPSA) is 146 Å². The number of carbonyl (C=O) groups excluding carboxylic acids is 2. The molecule has 5 heterocycles. The Morgan fingerprint density at radius 3 is 2.58 bits per heavy atom. The van der Waals surface area contributed by atoms with E-state index in [2.05, 4.69) is 25.2 Å². The Labute approximate surface area is 231 Å². The van der Waals surface area contributed by atoms with Gasteiger partial charge in [-0.15, -0.1) is 0 Å². The maximum atomic E-state index is 13.5. The van der Waals surface area contributed by atoms with E-state index in [0.717, 1.165) is 60.1 Å². The number of amides is 1. The Balaban J connectivity index is 0.000000429. The number of carbonyl (C=O) groups is 2. The van der Waals surface area contributed by atoms with E-state index in [1.54, 1.807) is 17.6 Å². The van der Waals surface area contributed by atoms with Crippen molar-refractivity contribution in [2.75, 3.05) is 13.2 Å². The third-order valence-corrected chi connectivity index (χ3v) is 8.83. The molecule has 0 saturated carbocycles. The molecular weight excluding hydrogens is 512 g/mol. The van der Waals surface area contributed by atoms with Crippen LogP contribution in [0.1, 0.15) is 71.7 Å². The minimum Gasteiger partial charge on any atom is -0.458 e. The van der Waals surface area contributed by atoms with Crippen LogP contribution >= 0.6 is 0 Å². The van der Waals surface area contributed by atoms with E-state index in [9.17, 15) is 19.5 Å². The molecular formula is C30H34N4O6. The lowest BCUT2D eigenvalue weighted by Gasteiger charge is -2.33. The number of esters is 1. The molecule has 10 nitrogen and oxygen atoms in total. The summed E-state index contributed by atoms with van der Waals surface area (Å²) >= 11 is 0. The molecule has 1 aliphatic carbocycles. The highest BCUT2D eigenvalue weighted by Gasteiger charge is 2.46. The number of cyclic esters (lactones) is 1. The standard InChI is InChI=1S/C26H25N3O5.C4H9NO/c1-4-26(33)17-8-20-23-15(9-29(20)24(31)16(17)10-34-25(26)32)22-18(27-11-30)6-5-14-13(3)12(2)7-19(28-23)21(14)22;1-4(5)2-6-3-4/h7-8,11,18,33H,4-6,9-10H2,1-3H3,(H,27,30);2-3,5H2,1H3. The first-order valence-electron chi connectivity index (χ1n) is 13.7. The van der Waals surface area contributed by atoms with Crippen LogP contribution < -0.4 is 16.6 Å². The molecule has 1 saturated heterocycles. The number of nitrogens with one attached hydrogen (secondary N) is 1. The van der Waals surface area contributed by atoms with Gasteiger partial charge in [-0.05, 0) is 74.4 Å². The molecule has 7 rings (SSSR count). The largest absolute Gasteiger partial charge is 0.458 e. The number of aromatic nitrogens is 2. The van der Waals surface area contributed by atoms with Crippen molar-refractivity contribution in [3.8, 4) is 11.4 Å². The molecule has 10 heteroatoms. The van der Waals surface area contributed by atoms with Gasteiger partial charge in [0.15, 0.2) is 5.60 Å². The molecule has 40 heavy (non-hydrogen) atoms. The smallest absolute Gasteiger partial charge is 0.343 e. The number of ether oxygens (including phenoxy) is 2. The van der Waals surface area contributed by atoms with E-state index in [1.165, 1.54) is 11.1 Å². The molecule has 2 aromatic heterocycles. The number of pyridine rings is 2. The number of rotatable bonds is 3. The second-order valence-corrected chi connectivity index (χ2v) is 11.7. The third kappa shape index (κ3) is 3.81. The van der Waals surface area contributed by atoms with E-state index in [1.807, 2.05) is 6.92 Å². The Kier molecular flexibility index (Phi) is 6.14. The van der Waals surface area contributed by atoms with Gasteiger partial charge in [0, 0.05) is 16.5 Å². The van der Waals surface area contributed by atoms with Gasteiger partial charge in [-0.25, -0.2) is 9.78 Å². The monoisotopic (exact) mass is 546 g/mol. The molecule has 0 radical (unpaired) electrons. The summed E-state index contributed by atoms with van der Waals surface area (Å²) in [6.45, 7) is 9.47. The summed E-state index contributed by atoms with van der Waals surface area (Å²) in [5, 5.41) is 15.1. The molecule has 210 valence electrons. The van der Waals surface area contributed by atoms with Gasteiger partial charge in [-0.2, -0.15) is 0 Å². The average Bonchev–Trinajstić information content (AvgIpc) is 3.28. The highest BCUT2D eigenvalue weighted by molar-refractivity contribution is 5.94. The number of aliphatic hydroxyl groups is 1. The zero-order valence-electron chi connectivity index (χ0n) is 23.2. The summed E-state index contributed by atoms with van der Waals surface area (Å²) in [7, 11) is 0. The molecule has 0 bridgehead atoms. The van der Waals surface area contributed by atoms with Crippen LogP contribution in [0.15, 0.2) is 16.9 Å². The first kappa shape index (κ1) is 26.6. The molecule has 2 atom stereocenters. The summed E-state index contributed by atoms with van der Waals surface area (Å²) in [6, 6.07) is 3.61. The van der Waals surface area contributed by atoms with Gasteiger partial charge >= 0.3 is 5.97 Å². The Morgan fingerprint density at radius 1 is 1.23 bits per heavy atom. The van der Waals surface area contributed by atoms with Crippen LogP contribution in [-0.2, 0) is 44.2 Å². The number of aryl methyl sites for hydroxylation is 2. The average molecular weight is 547 g/mol. The Hall–Kier alpha value is -3.60. The van der Waals surface area contributed by atoms with Crippen LogP contribution in [0.2, 0.25) is 0 Å². The second kappa shape index (κ2) is 9.22. The first-order chi connectivity index (χ1) is 19.0. The third-order valence-electron chi connectivity index (χ3n) is 8.83. The van der Waals surface area contributed by atoms with E-state index < -0.39 is 11.6 Å².